The third-order valence-corrected chi connectivity index (χ3v) is 3.11. The molecule has 1 heterocycles. The van der Waals surface area contributed by atoms with Gasteiger partial charge in [0.05, 0.1) is 12.0 Å². The zero-order valence-corrected chi connectivity index (χ0v) is 10.5. The lowest BCUT2D eigenvalue weighted by atomic mass is 10.2. The summed E-state index contributed by atoms with van der Waals surface area (Å²) in [5, 5.41) is 8.46. The summed E-state index contributed by atoms with van der Waals surface area (Å²) in [6.07, 6.45) is 2.84. The molecule has 0 atom stereocenters. The average Bonchev–Trinajstić information content (AvgIpc) is 2.23. The van der Waals surface area contributed by atoms with Crippen LogP contribution >= 0.6 is 15.9 Å². The van der Waals surface area contributed by atoms with Crippen LogP contribution in [-0.2, 0) is 11.3 Å². The van der Waals surface area contributed by atoms with Crippen molar-refractivity contribution in [3.05, 3.63) is 26.8 Å². The molecule has 0 amide bonds. The van der Waals surface area contributed by atoms with Gasteiger partial charge in [0.25, 0.3) is 5.56 Å². The van der Waals surface area contributed by atoms with E-state index in [9.17, 15) is 9.59 Å². The predicted molar refractivity (Wildman–Crippen MR) is 62.4 cm³/mol. The fraction of sp³-hybridized carbons (Fsp3) is 0.500. The molecule has 16 heavy (non-hydrogen) atoms. The normalized spacial score (nSPS) is 10.4. The quantitative estimate of drug-likeness (QED) is 0.835. The highest BCUT2D eigenvalue weighted by Crippen LogP contribution is 2.06. The van der Waals surface area contributed by atoms with E-state index in [1.54, 1.807) is 6.92 Å². The number of unbranched alkanes of at least 4 members (excludes halogenated alkanes) is 1. The van der Waals surface area contributed by atoms with Crippen LogP contribution in [0.2, 0.25) is 0 Å². The number of aliphatic carboxylic acids is 1. The third-order valence-electron chi connectivity index (χ3n) is 2.20. The molecule has 0 saturated heterocycles. The Labute approximate surface area is 101 Å². The molecule has 1 aromatic heterocycles. The lowest BCUT2D eigenvalue weighted by Gasteiger charge is -2.05. The van der Waals surface area contributed by atoms with Gasteiger partial charge in [0, 0.05) is 13.0 Å². The lowest BCUT2D eigenvalue weighted by Crippen LogP contribution is -2.22. The van der Waals surface area contributed by atoms with Gasteiger partial charge in [-0.3, -0.25) is 14.2 Å². The first-order chi connectivity index (χ1) is 7.52. The number of carbonyl (C=O) groups is 1. The second-order valence-electron chi connectivity index (χ2n) is 3.49. The Kier molecular flexibility index (Phi) is 4.67. The van der Waals surface area contributed by atoms with Gasteiger partial charge in [-0.1, -0.05) is 0 Å². The molecule has 0 aromatic carbocycles. The van der Waals surface area contributed by atoms with E-state index < -0.39 is 5.97 Å². The standard InChI is InChI=1S/C10H13BrN2O3/c1-7-9(11)10(16)13(6-12-7)5-3-2-4-8(14)15/h6H,2-5H2,1H3,(H,14,15). The van der Waals surface area contributed by atoms with Crippen LogP contribution in [0.15, 0.2) is 15.6 Å². The maximum atomic E-state index is 11.7. The van der Waals surface area contributed by atoms with Gasteiger partial charge in [-0.05, 0) is 35.7 Å². The largest absolute Gasteiger partial charge is 0.481 e. The zero-order valence-electron chi connectivity index (χ0n) is 8.94. The van der Waals surface area contributed by atoms with Crippen molar-refractivity contribution >= 4 is 21.9 Å². The van der Waals surface area contributed by atoms with E-state index in [1.165, 1.54) is 10.9 Å². The molecule has 1 N–H and O–H groups in total. The zero-order chi connectivity index (χ0) is 12.1. The molecule has 0 spiro atoms. The van der Waals surface area contributed by atoms with E-state index in [1.807, 2.05) is 0 Å². The van der Waals surface area contributed by atoms with E-state index in [-0.39, 0.29) is 12.0 Å². The van der Waals surface area contributed by atoms with Crippen molar-refractivity contribution < 1.29 is 9.90 Å². The van der Waals surface area contributed by atoms with Crippen LogP contribution in [-0.4, -0.2) is 20.6 Å². The number of aryl methyl sites for hydroxylation is 2. The molecule has 0 aliphatic heterocycles. The van der Waals surface area contributed by atoms with Crippen molar-refractivity contribution in [1.29, 1.82) is 0 Å². The average molecular weight is 289 g/mol. The first kappa shape index (κ1) is 12.9. The number of hydrogen-bond donors (Lipinski definition) is 1. The number of halogens is 1. The molecule has 0 aliphatic rings. The van der Waals surface area contributed by atoms with Crippen molar-refractivity contribution in [2.75, 3.05) is 0 Å². The van der Waals surface area contributed by atoms with Crippen LogP contribution < -0.4 is 5.56 Å². The van der Waals surface area contributed by atoms with Crippen LogP contribution in [0.25, 0.3) is 0 Å². The number of hydrogen-bond acceptors (Lipinski definition) is 3. The molecule has 0 aliphatic carbocycles. The minimum Gasteiger partial charge on any atom is -0.481 e. The summed E-state index contributed by atoms with van der Waals surface area (Å²) in [5.41, 5.74) is 0.537. The SMILES string of the molecule is Cc1ncn(CCCCC(=O)O)c(=O)c1Br. The maximum Gasteiger partial charge on any atom is 0.303 e. The van der Waals surface area contributed by atoms with Gasteiger partial charge in [-0.25, -0.2) is 4.98 Å². The highest BCUT2D eigenvalue weighted by molar-refractivity contribution is 9.10. The Morgan fingerprint density at radius 1 is 1.56 bits per heavy atom. The summed E-state index contributed by atoms with van der Waals surface area (Å²) in [5.74, 6) is -0.810. The van der Waals surface area contributed by atoms with Crippen LogP contribution in [0, 0.1) is 6.92 Å². The van der Waals surface area contributed by atoms with Crippen molar-refractivity contribution in [3.63, 3.8) is 0 Å². The molecular weight excluding hydrogens is 276 g/mol. The highest BCUT2D eigenvalue weighted by atomic mass is 79.9. The summed E-state index contributed by atoms with van der Waals surface area (Å²) in [7, 11) is 0. The van der Waals surface area contributed by atoms with E-state index in [2.05, 4.69) is 20.9 Å². The Balaban J connectivity index is 2.58. The molecule has 5 nitrogen and oxygen atoms in total. The van der Waals surface area contributed by atoms with Crippen LogP contribution in [0.4, 0.5) is 0 Å². The molecule has 0 radical (unpaired) electrons. The van der Waals surface area contributed by atoms with E-state index in [0.29, 0.717) is 29.6 Å². The number of carboxylic acids is 1. The van der Waals surface area contributed by atoms with Gasteiger partial charge in [-0.2, -0.15) is 0 Å². The first-order valence-electron chi connectivity index (χ1n) is 4.95. The summed E-state index contributed by atoms with van der Waals surface area (Å²) < 4.78 is 1.95. The lowest BCUT2D eigenvalue weighted by molar-refractivity contribution is -0.137. The third kappa shape index (κ3) is 3.44. The van der Waals surface area contributed by atoms with Gasteiger partial charge >= 0.3 is 5.97 Å². The Morgan fingerprint density at radius 2 is 2.25 bits per heavy atom. The van der Waals surface area contributed by atoms with Gasteiger partial charge in [-0.15, -0.1) is 0 Å². The smallest absolute Gasteiger partial charge is 0.303 e. The summed E-state index contributed by atoms with van der Waals surface area (Å²) in [6.45, 7) is 2.25. The summed E-state index contributed by atoms with van der Waals surface area (Å²) >= 11 is 3.17. The van der Waals surface area contributed by atoms with Gasteiger partial charge in [0.15, 0.2) is 0 Å². The Hall–Kier alpha value is -1.17. The van der Waals surface area contributed by atoms with Gasteiger partial charge in [0.2, 0.25) is 0 Å². The minimum atomic E-state index is -0.810. The molecule has 1 aromatic rings. The molecule has 6 heteroatoms. The highest BCUT2D eigenvalue weighted by Gasteiger charge is 2.05. The molecule has 88 valence electrons. The Bertz CT molecular complexity index is 442. The number of nitrogens with zero attached hydrogens (tertiary/aromatic N) is 2. The predicted octanol–water partition coefficient (Wildman–Crippen LogP) is 1.57. The van der Waals surface area contributed by atoms with Crippen molar-refractivity contribution in [2.24, 2.45) is 0 Å². The van der Waals surface area contributed by atoms with E-state index in [0.717, 1.165) is 0 Å². The van der Waals surface area contributed by atoms with Crippen molar-refractivity contribution in [1.82, 2.24) is 9.55 Å². The van der Waals surface area contributed by atoms with Crippen LogP contribution in [0.1, 0.15) is 25.0 Å². The van der Waals surface area contributed by atoms with Gasteiger partial charge in [0.1, 0.15) is 4.47 Å². The second-order valence-corrected chi connectivity index (χ2v) is 4.29. The minimum absolute atomic E-state index is 0.122. The molecule has 0 bridgehead atoms. The van der Waals surface area contributed by atoms with Crippen molar-refractivity contribution in [3.8, 4) is 0 Å². The second kappa shape index (κ2) is 5.79. The van der Waals surface area contributed by atoms with E-state index >= 15 is 0 Å². The van der Waals surface area contributed by atoms with Crippen molar-refractivity contribution in [2.45, 2.75) is 32.7 Å². The number of aromatic nitrogens is 2. The Morgan fingerprint density at radius 3 is 2.88 bits per heavy atom. The monoisotopic (exact) mass is 288 g/mol. The topological polar surface area (TPSA) is 72.2 Å². The summed E-state index contributed by atoms with van der Waals surface area (Å²) in [4.78, 5) is 26.0. The van der Waals surface area contributed by atoms with Gasteiger partial charge < -0.3 is 5.11 Å². The summed E-state index contributed by atoms with van der Waals surface area (Å²) in [6, 6.07) is 0. The fourth-order valence-electron chi connectivity index (χ4n) is 1.26. The molecule has 0 saturated carbocycles. The molecule has 0 unspecified atom stereocenters. The van der Waals surface area contributed by atoms with E-state index in [4.69, 9.17) is 5.11 Å². The molecule has 1 rings (SSSR count). The maximum absolute atomic E-state index is 11.7. The number of carboxylic acid groups (broad SMARTS) is 1. The fourth-order valence-corrected chi connectivity index (χ4v) is 1.59. The number of rotatable bonds is 5. The van der Waals surface area contributed by atoms with Crippen LogP contribution in [0.5, 0.6) is 0 Å². The first-order valence-corrected chi connectivity index (χ1v) is 5.75. The van der Waals surface area contributed by atoms with Crippen LogP contribution in [0.3, 0.4) is 0 Å². The molecule has 0 fully saturated rings. The molecular formula is C10H13BrN2O3.